The fourth-order valence-corrected chi connectivity index (χ4v) is 1.35. The van der Waals surface area contributed by atoms with Crippen LogP contribution in [0.4, 0.5) is 10.5 Å². The zero-order valence-electron chi connectivity index (χ0n) is 7.31. The summed E-state index contributed by atoms with van der Waals surface area (Å²) in [4.78, 5) is 15.3. The lowest BCUT2D eigenvalue weighted by Gasteiger charge is -2.01. The Kier molecular flexibility index (Phi) is 1.78. The minimum Gasteiger partial charge on any atom is -0.397 e. The Bertz CT molecular complexity index is 490. The number of fused-ring (bicyclic) bond motifs is 1. The number of aromatic nitrogens is 1. The smallest absolute Gasteiger partial charge is 0.397 e. The van der Waals surface area contributed by atoms with Gasteiger partial charge in [0.2, 0.25) is 0 Å². The van der Waals surface area contributed by atoms with Crippen LogP contribution in [0.15, 0.2) is 30.5 Å². The van der Waals surface area contributed by atoms with Crippen molar-refractivity contribution in [1.82, 2.24) is 4.73 Å². The first-order valence-electron chi connectivity index (χ1n) is 4.02. The molecule has 0 aliphatic heterocycles. The Hall–Kier alpha value is -2.17. The van der Waals surface area contributed by atoms with Crippen LogP contribution in [0.5, 0.6) is 0 Å². The second-order valence-corrected chi connectivity index (χ2v) is 2.84. The Labute approximate surface area is 79.8 Å². The van der Waals surface area contributed by atoms with Gasteiger partial charge in [0, 0.05) is 5.39 Å². The van der Waals surface area contributed by atoms with Crippen LogP contribution in [-0.2, 0) is 0 Å². The lowest BCUT2D eigenvalue weighted by atomic mass is 10.2. The quantitative estimate of drug-likeness (QED) is 0.697. The standard InChI is InChI=1S/C9H9N3O2/c10-7-5-12(14-9(11)13)8-4-2-1-3-6(7)8/h1-5H,10H2,(H2,11,13). The van der Waals surface area contributed by atoms with Gasteiger partial charge >= 0.3 is 6.09 Å². The summed E-state index contributed by atoms with van der Waals surface area (Å²) in [5.41, 5.74) is 11.9. The van der Waals surface area contributed by atoms with Gasteiger partial charge in [-0.3, -0.25) is 0 Å². The molecule has 0 fully saturated rings. The summed E-state index contributed by atoms with van der Waals surface area (Å²) in [7, 11) is 0. The number of primary amides is 1. The Morgan fingerprint density at radius 1 is 1.36 bits per heavy atom. The number of hydrogen-bond acceptors (Lipinski definition) is 3. The van der Waals surface area contributed by atoms with Gasteiger partial charge in [0.25, 0.3) is 0 Å². The number of amides is 1. The van der Waals surface area contributed by atoms with E-state index in [2.05, 4.69) is 0 Å². The van der Waals surface area contributed by atoms with Gasteiger partial charge in [-0.05, 0) is 6.07 Å². The van der Waals surface area contributed by atoms with Gasteiger partial charge < -0.3 is 16.3 Å². The predicted molar refractivity (Wildman–Crippen MR) is 52.5 cm³/mol. The molecule has 1 aromatic heterocycles. The van der Waals surface area contributed by atoms with Gasteiger partial charge in [-0.25, -0.2) is 4.79 Å². The summed E-state index contributed by atoms with van der Waals surface area (Å²) >= 11 is 0. The highest BCUT2D eigenvalue weighted by Crippen LogP contribution is 2.21. The maximum absolute atomic E-state index is 10.6. The molecule has 1 aromatic carbocycles. The molecule has 0 atom stereocenters. The average molecular weight is 191 g/mol. The van der Waals surface area contributed by atoms with E-state index >= 15 is 0 Å². The van der Waals surface area contributed by atoms with Crippen molar-refractivity contribution in [3.8, 4) is 0 Å². The molecule has 14 heavy (non-hydrogen) atoms. The fourth-order valence-electron chi connectivity index (χ4n) is 1.35. The number of rotatable bonds is 1. The molecule has 0 spiro atoms. The molecule has 0 saturated carbocycles. The highest BCUT2D eigenvalue weighted by Gasteiger charge is 2.07. The van der Waals surface area contributed by atoms with Crippen LogP contribution >= 0.6 is 0 Å². The third-order valence-corrected chi connectivity index (χ3v) is 1.90. The van der Waals surface area contributed by atoms with Crippen molar-refractivity contribution in [2.24, 2.45) is 5.73 Å². The van der Waals surface area contributed by atoms with E-state index in [1.165, 1.54) is 10.9 Å². The Morgan fingerprint density at radius 2 is 2.07 bits per heavy atom. The van der Waals surface area contributed by atoms with E-state index in [4.69, 9.17) is 16.3 Å². The van der Waals surface area contributed by atoms with Crippen molar-refractivity contribution in [2.45, 2.75) is 0 Å². The van der Waals surface area contributed by atoms with Crippen LogP contribution < -0.4 is 16.3 Å². The van der Waals surface area contributed by atoms with Gasteiger partial charge in [0.15, 0.2) is 0 Å². The molecule has 0 radical (unpaired) electrons. The van der Waals surface area contributed by atoms with Crippen molar-refractivity contribution in [1.29, 1.82) is 0 Å². The van der Waals surface area contributed by atoms with Gasteiger partial charge in [-0.1, -0.05) is 18.2 Å². The van der Waals surface area contributed by atoms with E-state index in [1.54, 1.807) is 6.07 Å². The van der Waals surface area contributed by atoms with Crippen LogP contribution in [0.3, 0.4) is 0 Å². The molecular formula is C9H9N3O2. The number of nitrogens with two attached hydrogens (primary N) is 2. The zero-order chi connectivity index (χ0) is 10.1. The summed E-state index contributed by atoms with van der Waals surface area (Å²) in [5, 5.41) is 0.828. The van der Waals surface area contributed by atoms with Crippen molar-refractivity contribution in [2.75, 3.05) is 5.73 Å². The van der Waals surface area contributed by atoms with E-state index < -0.39 is 6.09 Å². The fraction of sp³-hybridized carbons (Fsp3) is 0. The van der Waals surface area contributed by atoms with E-state index in [0.29, 0.717) is 11.2 Å². The monoisotopic (exact) mass is 191 g/mol. The number of nitrogens with zero attached hydrogens (tertiary/aromatic N) is 1. The zero-order valence-corrected chi connectivity index (χ0v) is 7.31. The second kappa shape index (κ2) is 2.95. The molecule has 1 heterocycles. The number of nitrogen functional groups attached to an aromatic ring is 1. The number of benzene rings is 1. The lowest BCUT2D eigenvalue weighted by molar-refractivity contribution is 0.149. The lowest BCUT2D eigenvalue weighted by Crippen LogP contribution is -2.24. The molecule has 5 nitrogen and oxygen atoms in total. The number of carbonyl (C=O) groups excluding carboxylic acids is 1. The van der Waals surface area contributed by atoms with Gasteiger partial charge in [-0.2, -0.15) is 4.73 Å². The van der Waals surface area contributed by atoms with Crippen LogP contribution in [0.25, 0.3) is 10.9 Å². The van der Waals surface area contributed by atoms with Crippen LogP contribution in [0, 0.1) is 0 Å². The number of para-hydroxylation sites is 1. The first kappa shape index (κ1) is 8.43. The molecule has 4 N–H and O–H groups in total. The molecule has 2 aromatic rings. The van der Waals surface area contributed by atoms with Crippen LogP contribution in [0.2, 0.25) is 0 Å². The topological polar surface area (TPSA) is 83.3 Å². The molecule has 2 rings (SSSR count). The third kappa shape index (κ3) is 1.24. The molecule has 1 amide bonds. The van der Waals surface area contributed by atoms with Crippen molar-refractivity contribution in [3.05, 3.63) is 30.5 Å². The molecule has 0 bridgehead atoms. The summed E-state index contributed by atoms with van der Waals surface area (Å²) in [6.07, 6.45) is 0.640. The normalized spacial score (nSPS) is 10.3. The summed E-state index contributed by atoms with van der Waals surface area (Å²) in [5.74, 6) is 0. The third-order valence-electron chi connectivity index (χ3n) is 1.90. The maximum atomic E-state index is 10.6. The molecule has 0 aliphatic rings. The number of carbonyl (C=O) groups is 1. The SMILES string of the molecule is NC(=O)On1cc(N)c2ccccc21. The van der Waals surface area contributed by atoms with Crippen molar-refractivity contribution < 1.29 is 9.63 Å². The summed E-state index contributed by atoms with van der Waals surface area (Å²) < 4.78 is 1.26. The minimum atomic E-state index is -0.870. The van der Waals surface area contributed by atoms with Crippen LogP contribution in [-0.4, -0.2) is 10.8 Å². The highest BCUT2D eigenvalue weighted by atomic mass is 16.7. The first-order chi connectivity index (χ1) is 6.68. The maximum Gasteiger partial charge on any atom is 0.429 e. The van der Waals surface area contributed by atoms with E-state index in [0.717, 1.165) is 5.39 Å². The van der Waals surface area contributed by atoms with E-state index in [-0.39, 0.29) is 0 Å². The first-order valence-corrected chi connectivity index (χ1v) is 4.02. The van der Waals surface area contributed by atoms with E-state index in [9.17, 15) is 4.79 Å². The summed E-state index contributed by atoms with van der Waals surface area (Å²) in [6.45, 7) is 0. The molecule has 0 saturated heterocycles. The van der Waals surface area contributed by atoms with E-state index in [1.807, 2.05) is 18.2 Å². The molecular weight excluding hydrogens is 182 g/mol. The van der Waals surface area contributed by atoms with Crippen molar-refractivity contribution >= 4 is 22.7 Å². The average Bonchev–Trinajstić information content (AvgIpc) is 2.44. The molecule has 72 valence electrons. The van der Waals surface area contributed by atoms with Gasteiger partial charge in [-0.15, -0.1) is 0 Å². The number of anilines is 1. The number of hydrogen-bond donors (Lipinski definition) is 2. The molecule has 0 aliphatic carbocycles. The largest absolute Gasteiger partial charge is 0.429 e. The second-order valence-electron chi connectivity index (χ2n) is 2.84. The summed E-state index contributed by atoms with van der Waals surface area (Å²) in [6, 6.07) is 7.30. The molecule has 0 unspecified atom stereocenters. The Morgan fingerprint density at radius 3 is 2.79 bits per heavy atom. The van der Waals surface area contributed by atoms with Crippen molar-refractivity contribution in [3.63, 3.8) is 0 Å². The van der Waals surface area contributed by atoms with Gasteiger partial charge in [0.05, 0.1) is 17.4 Å². The predicted octanol–water partition coefficient (Wildman–Crippen LogP) is 0.731. The highest BCUT2D eigenvalue weighted by molar-refractivity contribution is 5.91. The Balaban J connectivity index is 2.60. The minimum absolute atomic E-state index is 0.543. The molecule has 5 heteroatoms. The van der Waals surface area contributed by atoms with Gasteiger partial charge in [0.1, 0.15) is 0 Å². The van der Waals surface area contributed by atoms with Crippen LogP contribution in [0.1, 0.15) is 0 Å².